The number of aryl methyl sites for hydroxylation is 1. The highest BCUT2D eigenvalue weighted by molar-refractivity contribution is 7.09. The summed E-state index contributed by atoms with van der Waals surface area (Å²) in [5.41, 5.74) is 1.27. The maximum Gasteiger partial charge on any atom is 0.110 e. The number of hydrogen-bond donors (Lipinski definition) is 1. The van der Waals surface area contributed by atoms with Crippen molar-refractivity contribution in [1.29, 1.82) is 0 Å². The van der Waals surface area contributed by atoms with Crippen LogP contribution in [0.3, 0.4) is 0 Å². The number of nitrogens with zero attached hydrogens (tertiary/aromatic N) is 2. The summed E-state index contributed by atoms with van der Waals surface area (Å²) >= 11 is 1.82. The van der Waals surface area contributed by atoms with Gasteiger partial charge in [0.2, 0.25) is 0 Å². The fourth-order valence-electron chi connectivity index (χ4n) is 2.11. The molecule has 4 heteroatoms. The SMILES string of the molecule is CCCc1csc(C(C)N2CCNCC2)n1. The fraction of sp³-hybridized carbons (Fsp3) is 0.750. The van der Waals surface area contributed by atoms with Gasteiger partial charge in [-0.25, -0.2) is 4.98 Å². The summed E-state index contributed by atoms with van der Waals surface area (Å²) in [6.07, 6.45) is 2.30. The zero-order valence-corrected chi connectivity index (χ0v) is 11.0. The van der Waals surface area contributed by atoms with Gasteiger partial charge in [-0.1, -0.05) is 13.3 Å². The van der Waals surface area contributed by atoms with Crippen LogP contribution in [0.4, 0.5) is 0 Å². The lowest BCUT2D eigenvalue weighted by molar-refractivity contribution is 0.185. The molecule has 1 aliphatic heterocycles. The van der Waals surface area contributed by atoms with Gasteiger partial charge in [0.1, 0.15) is 5.01 Å². The minimum Gasteiger partial charge on any atom is -0.314 e. The molecule has 1 aromatic rings. The van der Waals surface area contributed by atoms with Crippen LogP contribution < -0.4 is 5.32 Å². The molecular formula is C12H21N3S. The van der Waals surface area contributed by atoms with Gasteiger partial charge in [0.05, 0.1) is 11.7 Å². The van der Waals surface area contributed by atoms with Crippen molar-refractivity contribution in [3.8, 4) is 0 Å². The van der Waals surface area contributed by atoms with Crippen molar-refractivity contribution >= 4 is 11.3 Å². The van der Waals surface area contributed by atoms with Crippen LogP contribution in [0.2, 0.25) is 0 Å². The lowest BCUT2D eigenvalue weighted by Gasteiger charge is -2.31. The second-order valence-electron chi connectivity index (χ2n) is 4.39. The molecule has 0 amide bonds. The van der Waals surface area contributed by atoms with Crippen LogP contribution >= 0.6 is 11.3 Å². The normalized spacial score (nSPS) is 19.9. The van der Waals surface area contributed by atoms with Gasteiger partial charge < -0.3 is 5.32 Å². The van der Waals surface area contributed by atoms with Crippen LogP contribution in [0.5, 0.6) is 0 Å². The number of piperazine rings is 1. The smallest absolute Gasteiger partial charge is 0.110 e. The molecule has 0 aromatic carbocycles. The molecule has 16 heavy (non-hydrogen) atoms. The van der Waals surface area contributed by atoms with Gasteiger partial charge in [-0.2, -0.15) is 0 Å². The Kier molecular flexibility index (Phi) is 4.32. The quantitative estimate of drug-likeness (QED) is 0.872. The van der Waals surface area contributed by atoms with Crippen molar-refractivity contribution in [1.82, 2.24) is 15.2 Å². The summed E-state index contributed by atoms with van der Waals surface area (Å²) in [6.45, 7) is 8.99. The summed E-state index contributed by atoms with van der Waals surface area (Å²) in [4.78, 5) is 7.25. The van der Waals surface area contributed by atoms with Gasteiger partial charge in [0.15, 0.2) is 0 Å². The average molecular weight is 239 g/mol. The molecular weight excluding hydrogens is 218 g/mol. The monoisotopic (exact) mass is 239 g/mol. The minimum absolute atomic E-state index is 0.484. The number of rotatable bonds is 4. The van der Waals surface area contributed by atoms with Gasteiger partial charge >= 0.3 is 0 Å². The summed E-state index contributed by atoms with van der Waals surface area (Å²) in [5, 5.41) is 6.89. The van der Waals surface area contributed by atoms with E-state index in [2.05, 4.69) is 29.4 Å². The van der Waals surface area contributed by atoms with E-state index < -0.39 is 0 Å². The predicted octanol–water partition coefficient (Wildman–Crippen LogP) is 2.06. The highest BCUT2D eigenvalue weighted by Crippen LogP contribution is 2.24. The lowest BCUT2D eigenvalue weighted by atomic mass is 10.2. The van der Waals surface area contributed by atoms with E-state index in [1.54, 1.807) is 0 Å². The molecule has 0 radical (unpaired) electrons. The number of nitrogens with one attached hydrogen (secondary N) is 1. The first-order valence-corrected chi connectivity index (χ1v) is 7.08. The van der Waals surface area contributed by atoms with Crippen molar-refractivity contribution in [3.05, 3.63) is 16.1 Å². The Morgan fingerprint density at radius 1 is 1.50 bits per heavy atom. The molecule has 1 unspecified atom stereocenters. The standard InChI is InChI=1S/C12H21N3S/c1-3-4-11-9-16-12(14-11)10(2)15-7-5-13-6-8-15/h9-10,13H,3-8H2,1-2H3. The molecule has 0 aliphatic carbocycles. The van der Waals surface area contributed by atoms with Crippen LogP contribution in [-0.4, -0.2) is 36.1 Å². The van der Waals surface area contributed by atoms with Gasteiger partial charge in [0, 0.05) is 31.6 Å². The molecule has 0 saturated carbocycles. The third kappa shape index (κ3) is 2.81. The van der Waals surface area contributed by atoms with Crippen LogP contribution in [0.1, 0.15) is 37.0 Å². The van der Waals surface area contributed by atoms with Gasteiger partial charge in [-0.3, -0.25) is 4.90 Å². The second-order valence-corrected chi connectivity index (χ2v) is 5.28. The number of hydrogen-bond acceptors (Lipinski definition) is 4. The zero-order valence-electron chi connectivity index (χ0n) is 10.2. The van der Waals surface area contributed by atoms with Gasteiger partial charge in [-0.05, 0) is 13.3 Å². The highest BCUT2D eigenvalue weighted by atomic mass is 32.1. The molecule has 0 spiro atoms. The third-order valence-electron chi connectivity index (χ3n) is 3.13. The minimum atomic E-state index is 0.484. The average Bonchev–Trinajstić information content (AvgIpc) is 2.78. The first kappa shape index (κ1) is 12.0. The second kappa shape index (κ2) is 5.75. The van der Waals surface area contributed by atoms with Crippen molar-refractivity contribution < 1.29 is 0 Å². The Bertz CT molecular complexity index is 318. The lowest BCUT2D eigenvalue weighted by Crippen LogP contribution is -2.44. The maximum atomic E-state index is 4.73. The van der Waals surface area contributed by atoms with Crippen molar-refractivity contribution in [2.24, 2.45) is 0 Å². The van der Waals surface area contributed by atoms with Gasteiger partial charge in [-0.15, -0.1) is 11.3 Å². The first-order valence-electron chi connectivity index (χ1n) is 6.20. The molecule has 0 bridgehead atoms. The van der Waals surface area contributed by atoms with E-state index in [4.69, 9.17) is 4.98 Å². The van der Waals surface area contributed by atoms with E-state index in [9.17, 15) is 0 Å². The van der Waals surface area contributed by atoms with E-state index in [1.165, 1.54) is 17.1 Å². The van der Waals surface area contributed by atoms with E-state index in [1.807, 2.05) is 11.3 Å². The molecule has 90 valence electrons. The van der Waals surface area contributed by atoms with E-state index >= 15 is 0 Å². The van der Waals surface area contributed by atoms with E-state index in [-0.39, 0.29) is 0 Å². The topological polar surface area (TPSA) is 28.2 Å². The Hall–Kier alpha value is -0.450. The molecule has 1 fully saturated rings. The molecule has 1 aromatic heterocycles. The van der Waals surface area contributed by atoms with E-state index in [0.717, 1.165) is 32.6 Å². The maximum absolute atomic E-state index is 4.73. The van der Waals surface area contributed by atoms with Crippen LogP contribution in [0, 0.1) is 0 Å². The molecule has 3 nitrogen and oxygen atoms in total. The van der Waals surface area contributed by atoms with Crippen LogP contribution in [0.25, 0.3) is 0 Å². The van der Waals surface area contributed by atoms with Crippen LogP contribution in [0.15, 0.2) is 5.38 Å². The van der Waals surface area contributed by atoms with Crippen molar-refractivity contribution in [2.75, 3.05) is 26.2 Å². The van der Waals surface area contributed by atoms with Crippen molar-refractivity contribution in [2.45, 2.75) is 32.7 Å². The van der Waals surface area contributed by atoms with E-state index in [0.29, 0.717) is 6.04 Å². The summed E-state index contributed by atoms with van der Waals surface area (Å²) < 4.78 is 0. The fourth-order valence-corrected chi connectivity index (χ4v) is 3.05. The zero-order chi connectivity index (χ0) is 11.4. The number of thiazole rings is 1. The Morgan fingerprint density at radius 3 is 2.94 bits per heavy atom. The predicted molar refractivity (Wildman–Crippen MR) is 69.0 cm³/mol. The first-order chi connectivity index (χ1) is 7.81. The summed E-state index contributed by atoms with van der Waals surface area (Å²) in [7, 11) is 0. The largest absolute Gasteiger partial charge is 0.314 e. The molecule has 2 heterocycles. The Morgan fingerprint density at radius 2 is 2.25 bits per heavy atom. The molecule has 1 saturated heterocycles. The molecule has 1 atom stereocenters. The Balaban J connectivity index is 1.98. The van der Waals surface area contributed by atoms with Crippen LogP contribution in [-0.2, 0) is 6.42 Å². The van der Waals surface area contributed by atoms with Crippen molar-refractivity contribution in [3.63, 3.8) is 0 Å². The molecule has 1 N–H and O–H groups in total. The summed E-state index contributed by atoms with van der Waals surface area (Å²) in [5.74, 6) is 0. The molecule has 1 aliphatic rings. The highest BCUT2D eigenvalue weighted by Gasteiger charge is 2.20. The van der Waals surface area contributed by atoms with Gasteiger partial charge in [0.25, 0.3) is 0 Å². The number of aromatic nitrogens is 1. The summed E-state index contributed by atoms with van der Waals surface area (Å²) in [6, 6.07) is 0.484. The third-order valence-corrected chi connectivity index (χ3v) is 4.20. The Labute approximate surface area is 102 Å². The molecule has 2 rings (SSSR count).